The van der Waals surface area contributed by atoms with E-state index in [0.717, 1.165) is 8.95 Å². The first-order valence-corrected chi connectivity index (χ1v) is 6.24. The number of esters is 1. The molecule has 0 radical (unpaired) electrons. The summed E-state index contributed by atoms with van der Waals surface area (Å²) in [4.78, 5) is 15.7. The van der Waals surface area contributed by atoms with E-state index in [4.69, 9.17) is 5.73 Å². The molecule has 17 heavy (non-hydrogen) atoms. The van der Waals surface area contributed by atoms with E-state index in [1.807, 2.05) is 12.1 Å². The molecule has 88 valence electrons. The average molecular weight is 360 g/mol. The van der Waals surface area contributed by atoms with Gasteiger partial charge in [-0.15, -0.1) is 0 Å². The first-order chi connectivity index (χ1) is 8.04. The van der Waals surface area contributed by atoms with E-state index in [2.05, 4.69) is 41.6 Å². The molecule has 0 aliphatic heterocycles. The lowest BCUT2D eigenvalue weighted by molar-refractivity contribution is 0.0601. The van der Waals surface area contributed by atoms with Crippen LogP contribution < -0.4 is 5.73 Å². The number of pyridine rings is 1. The van der Waals surface area contributed by atoms with E-state index in [-0.39, 0.29) is 5.56 Å². The number of carbonyl (C=O) groups is 1. The predicted octanol–water partition coefficient (Wildman–Crippen LogP) is 3.13. The van der Waals surface area contributed by atoms with Gasteiger partial charge in [0.05, 0.1) is 18.3 Å². The third-order valence-electron chi connectivity index (χ3n) is 2.34. The highest BCUT2D eigenvalue weighted by atomic mass is 79.9. The van der Waals surface area contributed by atoms with Gasteiger partial charge in [-0.25, -0.2) is 4.79 Å². The number of methoxy groups -OCH3 is 1. The fourth-order valence-electron chi connectivity index (χ4n) is 1.52. The first-order valence-electron chi connectivity index (χ1n) is 4.66. The maximum Gasteiger partial charge on any atom is 0.341 e. The Balaban J connectivity index is 2.79. The minimum atomic E-state index is -0.493. The molecule has 0 amide bonds. The Bertz CT molecular complexity index is 614. The van der Waals surface area contributed by atoms with Gasteiger partial charge < -0.3 is 10.5 Å². The number of nitrogens with zero attached hydrogens (tertiary/aromatic N) is 1. The molecule has 2 N–H and O–H groups in total. The second kappa shape index (κ2) is 4.62. The summed E-state index contributed by atoms with van der Waals surface area (Å²) in [6.45, 7) is 0. The molecule has 1 aromatic carbocycles. The average Bonchev–Trinajstić information content (AvgIpc) is 2.29. The molecule has 4 nitrogen and oxygen atoms in total. The van der Waals surface area contributed by atoms with Crippen LogP contribution in [-0.4, -0.2) is 18.1 Å². The van der Waals surface area contributed by atoms with Crippen molar-refractivity contribution in [3.05, 3.63) is 32.8 Å². The van der Waals surface area contributed by atoms with E-state index in [1.54, 1.807) is 0 Å². The SMILES string of the molecule is COC(=O)c1cnc2c(Br)cc(Br)cc2c1N. The largest absolute Gasteiger partial charge is 0.465 e. The lowest BCUT2D eigenvalue weighted by Gasteiger charge is -2.08. The van der Waals surface area contributed by atoms with Gasteiger partial charge in [0.25, 0.3) is 0 Å². The quantitative estimate of drug-likeness (QED) is 0.794. The Morgan fingerprint density at radius 2 is 2.12 bits per heavy atom. The lowest BCUT2D eigenvalue weighted by atomic mass is 10.1. The summed E-state index contributed by atoms with van der Waals surface area (Å²) in [6, 6.07) is 3.68. The van der Waals surface area contributed by atoms with Gasteiger partial charge in [-0.05, 0) is 28.1 Å². The summed E-state index contributed by atoms with van der Waals surface area (Å²) in [5.74, 6) is -0.493. The molecule has 0 aliphatic rings. The lowest BCUT2D eigenvalue weighted by Crippen LogP contribution is -2.07. The zero-order valence-corrected chi connectivity index (χ0v) is 12.0. The van der Waals surface area contributed by atoms with Crippen LogP contribution in [0, 0.1) is 0 Å². The van der Waals surface area contributed by atoms with Crippen molar-refractivity contribution in [3.8, 4) is 0 Å². The van der Waals surface area contributed by atoms with Crippen LogP contribution in [0.25, 0.3) is 10.9 Å². The maximum atomic E-state index is 11.5. The van der Waals surface area contributed by atoms with Crippen LogP contribution in [0.3, 0.4) is 0 Å². The second-order valence-electron chi connectivity index (χ2n) is 3.36. The molecular formula is C11H8Br2N2O2. The Kier molecular flexibility index (Phi) is 3.35. The summed E-state index contributed by atoms with van der Waals surface area (Å²) in [6.07, 6.45) is 1.42. The summed E-state index contributed by atoms with van der Waals surface area (Å²) < 4.78 is 6.31. The van der Waals surface area contributed by atoms with Crippen LogP contribution in [0.2, 0.25) is 0 Å². The van der Waals surface area contributed by atoms with Crippen molar-refractivity contribution >= 4 is 54.4 Å². The van der Waals surface area contributed by atoms with Gasteiger partial charge in [-0.3, -0.25) is 4.98 Å². The number of nitrogen functional groups attached to an aromatic ring is 1. The molecule has 0 saturated carbocycles. The Hall–Kier alpha value is -1.14. The van der Waals surface area contributed by atoms with Gasteiger partial charge in [0.15, 0.2) is 0 Å². The van der Waals surface area contributed by atoms with Crippen molar-refractivity contribution in [1.82, 2.24) is 4.98 Å². The van der Waals surface area contributed by atoms with E-state index >= 15 is 0 Å². The molecule has 0 bridgehead atoms. The molecule has 0 spiro atoms. The van der Waals surface area contributed by atoms with Crippen LogP contribution in [0.1, 0.15) is 10.4 Å². The summed E-state index contributed by atoms with van der Waals surface area (Å²) in [5, 5.41) is 0.703. The molecule has 0 saturated heterocycles. The highest BCUT2D eigenvalue weighted by Crippen LogP contribution is 2.32. The van der Waals surface area contributed by atoms with Gasteiger partial charge >= 0.3 is 5.97 Å². The zero-order valence-electron chi connectivity index (χ0n) is 8.83. The van der Waals surface area contributed by atoms with Crippen molar-refractivity contribution in [2.24, 2.45) is 0 Å². The van der Waals surface area contributed by atoms with Crippen molar-refractivity contribution in [1.29, 1.82) is 0 Å². The van der Waals surface area contributed by atoms with Gasteiger partial charge in [0.1, 0.15) is 5.56 Å². The van der Waals surface area contributed by atoms with Gasteiger partial charge in [0, 0.05) is 20.5 Å². The van der Waals surface area contributed by atoms with Crippen LogP contribution in [0.5, 0.6) is 0 Å². The molecule has 0 fully saturated rings. The smallest absolute Gasteiger partial charge is 0.341 e. The standard InChI is InChI=1S/C11H8Br2N2O2/c1-17-11(16)7-4-15-10-6(9(7)14)2-5(12)3-8(10)13/h2-4H,1H3,(H2,14,15). The zero-order chi connectivity index (χ0) is 12.6. The number of aromatic nitrogens is 1. The maximum absolute atomic E-state index is 11.5. The topological polar surface area (TPSA) is 65.2 Å². The van der Waals surface area contributed by atoms with Gasteiger partial charge in [-0.2, -0.15) is 0 Å². The Morgan fingerprint density at radius 1 is 1.41 bits per heavy atom. The number of benzene rings is 1. The van der Waals surface area contributed by atoms with Crippen molar-refractivity contribution in [2.75, 3.05) is 12.8 Å². The molecule has 0 atom stereocenters. The number of anilines is 1. The normalized spacial score (nSPS) is 10.5. The highest BCUT2D eigenvalue weighted by Gasteiger charge is 2.15. The Labute approximate surface area is 114 Å². The number of hydrogen-bond donors (Lipinski definition) is 1. The molecular weight excluding hydrogens is 352 g/mol. The molecule has 1 heterocycles. The number of ether oxygens (including phenoxy) is 1. The number of hydrogen-bond acceptors (Lipinski definition) is 4. The number of rotatable bonds is 1. The molecule has 1 aromatic heterocycles. The second-order valence-corrected chi connectivity index (χ2v) is 5.13. The van der Waals surface area contributed by atoms with Crippen LogP contribution in [0.15, 0.2) is 27.3 Å². The van der Waals surface area contributed by atoms with E-state index in [9.17, 15) is 4.79 Å². The van der Waals surface area contributed by atoms with Crippen molar-refractivity contribution in [3.63, 3.8) is 0 Å². The third-order valence-corrected chi connectivity index (χ3v) is 3.40. The highest BCUT2D eigenvalue weighted by molar-refractivity contribution is 9.11. The summed E-state index contributed by atoms with van der Waals surface area (Å²) in [7, 11) is 1.31. The predicted molar refractivity (Wildman–Crippen MR) is 72.9 cm³/mol. The van der Waals surface area contributed by atoms with Crippen LogP contribution >= 0.6 is 31.9 Å². The fourth-order valence-corrected chi connectivity index (χ4v) is 2.85. The molecule has 2 rings (SSSR count). The van der Waals surface area contributed by atoms with Crippen molar-refractivity contribution < 1.29 is 9.53 Å². The van der Waals surface area contributed by atoms with Crippen LogP contribution in [-0.2, 0) is 4.74 Å². The monoisotopic (exact) mass is 358 g/mol. The number of fused-ring (bicyclic) bond motifs is 1. The van der Waals surface area contributed by atoms with Gasteiger partial charge in [0.2, 0.25) is 0 Å². The third kappa shape index (κ3) is 2.14. The minimum Gasteiger partial charge on any atom is -0.465 e. The van der Waals surface area contributed by atoms with E-state index in [0.29, 0.717) is 16.6 Å². The number of carbonyl (C=O) groups excluding carboxylic acids is 1. The summed E-state index contributed by atoms with van der Waals surface area (Å²) in [5.41, 5.74) is 7.29. The Morgan fingerprint density at radius 3 is 2.76 bits per heavy atom. The van der Waals surface area contributed by atoms with E-state index in [1.165, 1.54) is 13.3 Å². The van der Waals surface area contributed by atoms with E-state index < -0.39 is 5.97 Å². The number of nitrogens with two attached hydrogens (primary N) is 1. The van der Waals surface area contributed by atoms with Crippen LogP contribution in [0.4, 0.5) is 5.69 Å². The van der Waals surface area contributed by atoms with Gasteiger partial charge in [-0.1, -0.05) is 15.9 Å². The first kappa shape index (κ1) is 12.3. The summed E-state index contributed by atoms with van der Waals surface area (Å²) >= 11 is 6.76. The fraction of sp³-hybridized carbons (Fsp3) is 0.0909. The van der Waals surface area contributed by atoms with Crippen molar-refractivity contribution in [2.45, 2.75) is 0 Å². The molecule has 2 aromatic rings. The molecule has 0 aliphatic carbocycles. The minimum absolute atomic E-state index is 0.269. The molecule has 0 unspecified atom stereocenters. The molecule has 6 heteroatoms. The number of halogens is 2.